The smallest absolute Gasteiger partial charge is 0.260 e. The Balaban J connectivity index is 1.47. The third-order valence-corrected chi connectivity index (χ3v) is 6.81. The molecule has 1 saturated heterocycles. The van der Waals surface area contributed by atoms with Crippen molar-refractivity contribution >= 4 is 33.7 Å². The molecule has 0 aliphatic carbocycles. The van der Waals surface area contributed by atoms with Crippen LogP contribution in [0.4, 0.5) is 5.69 Å². The SMILES string of the molecule is Cc1ccc(N(CC(=O)N/N=C\c2ccc(OCC(=O)NC[C@@H]3CCCO3)cc2)S(C)(=O)=O)cc1C. The van der Waals surface area contributed by atoms with Crippen LogP contribution in [0.15, 0.2) is 47.6 Å². The van der Waals surface area contributed by atoms with E-state index in [1.54, 1.807) is 36.4 Å². The van der Waals surface area contributed by atoms with Gasteiger partial charge in [-0.25, -0.2) is 13.8 Å². The summed E-state index contributed by atoms with van der Waals surface area (Å²) in [5.74, 6) is -0.285. The minimum absolute atomic E-state index is 0.0780. The molecule has 11 heteroatoms. The minimum Gasteiger partial charge on any atom is -0.484 e. The maximum Gasteiger partial charge on any atom is 0.260 e. The zero-order valence-electron chi connectivity index (χ0n) is 20.7. The number of sulfonamides is 1. The second kappa shape index (κ2) is 12.5. The van der Waals surface area contributed by atoms with E-state index in [1.807, 2.05) is 19.9 Å². The molecule has 1 aliphatic heterocycles. The first-order valence-electron chi connectivity index (χ1n) is 11.6. The summed E-state index contributed by atoms with van der Waals surface area (Å²) in [4.78, 5) is 24.3. The third-order valence-electron chi connectivity index (χ3n) is 5.67. The molecule has 36 heavy (non-hydrogen) atoms. The predicted molar refractivity (Wildman–Crippen MR) is 138 cm³/mol. The number of hydrazone groups is 1. The molecule has 2 amide bonds. The number of benzene rings is 2. The summed E-state index contributed by atoms with van der Waals surface area (Å²) in [5.41, 5.74) is 5.39. The number of nitrogens with zero attached hydrogens (tertiary/aromatic N) is 2. The summed E-state index contributed by atoms with van der Waals surface area (Å²) in [6.07, 6.45) is 4.52. The van der Waals surface area contributed by atoms with Crippen molar-refractivity contribution in [1.82, 2.24) is 10.7 Å². The van der Waals surface area contributed by atoms with Crippen LogP contribution in [0.3, 0.4) is 0 Å². The lowest BCUT2D eigenvalue weighted by Gasteiger charge is -2.22. The number of nitrogens with one attached hydrogen (secondary N) is 2. The number of amides is 2. The molecule has 2 aromatic carbocycles. The van der Waals surface area contributed by atoms with Gasteiger partial charge in [-0.2, -0.15) is 5.10 Å². The van der Waals surface area contributed by atoms with Gasteiger partial charge in [0.25, 0.3) is 11.8 Å². The monoisotopic (exact) mass is 516 g/mol. The number of hydrogen-bond acceptors (Lipinski definition) is 7. The Labute approximate surface area is 211 Å². The van der Waals surface area contributed by atoms with E-state index in [0.29, 0.717) is 23.5 Å². The summed E-state index contributed by atoms with van der Waals surface area (Å²) in [6, 6.07) is 12.0. The van der Waals surface area contributed by atoms with Crippen LogP contribution in [-0.2, 0) is 24.3 Å². The molecule has 10 nitrogen and oxygen atoms in total. The molecule has 0 aromatic heterocycles. The highest BCUT2D eigenvalue weighted by Crippen LogP contribution is 2.21. The Morgan fingerprint density at radius 3 is 2.53 bits per heavy atom. The molecule has 1 aliphatic rings. The molecule has 0 unspecified atom stereocenters. The topological polar surface area (TPSA) is 126 Å². The lowest BCUT2D eigenvalue weighted by atomic mass is 10.1. The predicted octanol–water partition coefficient (Wildman–Crippen LogP) is 1.89. The van der Waals surface area contributed by atoms with Gasteiger partial charge in [0.15, 0.2) is 6.61 Å². The van der Waals surface area contributed by atoms with Gasteiger partial charge >= 0.3 is 0 Å². The first-order valence-corrected chi connectivity index (χ1v) is 13.4. The fourth-order valence-corrected chi connectivity index (χ4v) is 4.36. The van der Waals surface area contributed by atoms with Gasteiger partial charge in [0.2, 0.25) is 10.0 Å². The van der Waals surface area contributed by atoms with Crippen LogP contribution in [-0.4, -0.2) is 65.1 Å². The van der Waals surface area contributed by atoms with E-state index in [1.165, 1.54) is 6.21 Å². The Kier molecular flexibility index (Phi) is 9.43. The summed E-state index contributed by atoms with van der Waals surface area (Å²) < 4.78 is 36.5. The van der Waals surface area contributed by atoms with Crippen molar-refractivity contribution in [2.75, 3.05) is 36.9 Å². The first kappa shape index (κ1) is 27.2. The van der Waals surface area contributed by atoms with Gasteiger partial charge in [-0.05, 0) is 79.8 Å². The molecular formula is C25H32N4O6S. The minimum atomic E-state index is -3.67. The van der Waals surface area contributed by atoms with Crippen molar-refractivity contribution in [3.63, 3.8) is 0 Å². The van der Waals surface area contributed by atoms with Crippen molar-refractivity contribution in [1.29, 1.82) is 0 Å². The van der Waals surface area contributed by atoms with E-state index in [-0.39, 0.29) is 18.6 Å². The molecule has 2 aromatic rings. The lowest BCUT2D eigenvalue weighted by molar-refractivity contribution is -0.123. The number of carbonyl (C=O) groups excluding carboxylic acids is 2. The van der Waals surface area contributed by atoms with Crippen molar-refractivity contribution in [3.8, 4) is 5.75 Å². The van der Waals surface area contributed by atoms with Crippen LogP contribution in [0, 0.1) is 13.8 Å². The Morgan fingerprint density at radius 2 is 1.89 bits per heavy atom. The Bertz CT molecular complexity index is 1190. The summed E-state index contributed by atoms with van der Waals surface area (Å²) >= 11 is 0. The molecule has 2 N–H and O–H groups in total. The molecule has 0 radical (unpaired) electrons. The summed E-state index contributed by atoms with van der Waals surface area (Å²) in [6.45, 7) is 4.52. The maximum absolute atomic E-state index is 12.4. The fourth-order valence-electron chi connectivity index (χ4n) is 3.51. The van der Waals surface area contributed by atoms with Gasteiger partial charge in [-0.15, -0.1) is 0 Å². The van der Waals surface area contributed by atoms with E-state index in [9.17, 15) is 18.0 Å². The average Bonchev–Trinajstić information content (AvgIpc) is 3.36. The largest absolute Gasteiger partial charge is 0.484 e. The van der Waals surface area contributed by atoms with Gasteiger partial charge in [0.05, 0.1) is 24.3 Å². The zero-order chi connectivity index (χ0) is 26.1. The average molecular weight is 517 g/mol. The van der Waals surface area contributed by atoms with E-state index >= 15 is 0 Å². The molecule has 1 atom stereocenters. The number of anilines is 1. The fraction of sp³-hybridized carbons (Fsp3) is 0.400. The number of aryl methyl sites for hydroxylation is 2. The normalized spacial score (nSPS) is 15.6. The number of rotatable bonds is 11. The van der Waals surface area contributed by atoms with Gasteiger partial charge in [0.1, 0.15) is 12.3 Å². The highest BCUT2D eigenvalue weighted by molar-refractivity contribution is 7.92. The van der Waals surface area contributed by atoms with E-state index < -0.39 is 22.5 Å². The van der Waals surface area contributed by atoms with Crippen LogP contribution in [0.2, 0.25) is 0 Å². The number of carbonyl (C=O) groups is 2. The maximum atomic E-state index is 12.4. The zero-order valence-corrected chi connectivity index (χ0v) is 21.5. The van der Waals surface area contributed by atoms with E-state index in [0.717, 1.165) is 41.1 Å². The van der Waals surface area contributed by atoms with Gasteiger partial charge in [-0.3, -0.25) is 13.9 Å². The van der Waals surface area contributed by atoms with Gasteiger partial charge < -0.3 is 14.8 Å². The van der Waals surface area contributed by atoms with Crippen LogP contribution >= 0.6 is 0 Å². The van der Waals surface area contributed by atoms with Crippen LogP contribution < -0.4 is 19.8 Å². The quantitative estimate of drug-likeness (QED) is 0.347. The molecule has 0 saturated carbocycles. The molecule has 0 bridgehead atoms. The Hall–Kier alpha value is -3.44. The molecule has 0 spiro atoms. The summed E-state index contributed by atoms with van der Waals surface area (Å²) in [5, 5.41) is 6.70. The lowest BCUT2D eigenvalue weighted by Crippen LogP contribution is -2.39. The standard InChI is InChI=1S/C25H32N4O6S/c1-18-6-9-21(13-19(18)2)29(36(3,32)33)16-24(30)28-27-14-20-7-10-22(11-8-20)35-17-25(31)26-15-23-5-4-12-34-23/h6-11,13-14,23H,4-5,12,15-17H2,1-3H3,(H,26,31)(H,28,30)/b27-14-/t23-/m0/s1. The highest BCUT2D eigenvalue weighted by atomic mass is 32.2. The van der Waals surface area contributed by atoms with Gasteiger partial charge in [-0.1, -0.05) is 6.07 Å². The molecule has 1 fully saturated rings. The second-order valence-electron chi connectivity index (χ2n) is 8.63. The second-order valence-corrected chi connectivity index (χ2v) is 10.5. The van der Waals surface area contributed by atoms with Gasteiger partial charge in [0, 0.05) is 13.2 Å². The molecule has 3 rings (SSSR count). The van der Waals surface area contributed by atoms with Crippen molar-refractivity contribution < 1.29 is 27.5 Å². The molecule has 1 heterocycles. The Morgan fingerprint density at radius 1 is 1.14 bits per heavy atom. The van der Waals surface area contributed by atoms with Crippen LogP contribution in [0.25, 0.3) is 0 Å². The molecular weight excluding hydrogens is 484 g/mol. The summed E-state index contributed by atoms with van der Waals surface area (Å²) in [7, 11) is -3.67. The third kappa shape index (κ3) is 8.35. The first-order chi connectivity index (χ1) is 17.1. The van der Waals surface area contributed by atoms with Crippen molar-refractivity contribution in [3.05, 3.63) is 59.2 Å². The van der Waals surface area contributed by atoms with E-state index in [2.05, 4.69) is 15.8 Å². The van der Waals surface area contributed by atoms with Crippen molar-refractivity contribution in [2.45, 2.75) is 32.8 Å². The van der Waals surface area contributed by atoms with Crippen LogP contribution in [0.5, 0.6) is 5.75 Å². The molecule has 194 valence electrons. The number of ether oxygens (including phenoxy) is 2. The van der Waals surface area contributed by atoms with E-state index in [4.69, 9.17) is 9.47 Å². The number of hydrogen-bond donors (Lipinski definition) is 2. The van der Waals surface area contributed by atoms with Crippen molar-refractivity contribution in [2.24, 2.45) is 5.10 Å². The highest BCUT2D eigenvalue weighted by Gasteiger charge is 2.21. The van der Waals surface area contributed by atoms with Crippen LogP contribution in [0.1, 0.15) is 29.5 Å².